The highest BCUT2D eigenvalue weighted by atomic mass is 32.1. The lowest BCUT2D eigenvalue weighted by Crippen LogP contribution is -2.13. The lowest BCUT2D eigenvalue weighted by atomic mass is 9.96. The molecule has 0 aliphatic carbocycles. The van der Waals surface area contributed by atoms with Crippen LogP contribution in [0.5, 0.6) is 0 Å². The number of hydrogen-bond donors (Lipinski definition) is 0. The number of unbranched alkanes of at least 4 members (excludes halogenated alkanes) is 1. The summed E-state index contributed by atoms with van der Waals surface area (Å²) < 4.78 is 4.84. The molecule has 0 saturated carbocycles. The normalized spacial score (nSPS) is 12.5. The van der Waals surface area contributed by atoms with Gasteiger partial charge in [-0.25, -0.2) is 0 Å². The van der Waals surface area contributed by atoms with Gasteiger partial charge in [0.2, 0.25) is 0 Å². The van der Waals surface area contributed by atoms with Crippen LogP contribution in [0.3, 0.4) is 0 Å². The van der Waals surface area contributed by atoms with Gasteiger partial charge in [0, 0.05) is 4.88 Å². The van der Waals surface area contributed by atoms with Crippen molar-refractivity contribution in [2.45, 2.75) is 39.0 Å². The van der Waals surface area contributed by atoms with Crippen molar-refractivity contribution in [2.24, 2.45) is 0 Å². The van der Waals surface area contributed by atoms with E-state index in [-0.39, 0.29) is 11.9 Å². The molecule has 1 rings (SSSR count). The van der Waals surface area contributed by atoms with Crippen LogP contribution in [0.15, 0.2) is 11.4 Å². The van der Waals surface area contributed by atoms with Gasteiger partial charge in [0.1, 0.15) is 0 Å². The predicted octanol–water partition coefficient (Wildman–Crippen LogP) is 3.50. The van der Waals surface area contributed by atoms with Crippen LogP contribution in [-0.2, 0) is 9.53 Å². The number of rotatable bonds is 5. The molecule has 1 aromatic rings. The second-order valence-electron chi connectivity index (χ2n) is 3.71. The molecule has 0 saturated heterocycles. The molecule has 84 valence electrons. The van der Waals surface area contributed by atoms with E-state index in [1.165, 1.54) is 12.0 Å². The number of carbonyl (C=O) groups excluding carboxylic acids is 1. The van der Waals surface area contributed by atoms with E-state index in [1.807, 2.05) is 0 Å². The summed E-state index contributed by atoms with van der Waals surface area (Å²) >= 11 is 1.69. The first kappa shape index (κ1) is 12.2. The van der Waals surface area contributed by atoms with Crippen molar-refractivity contribution in [1.29, 1.82) is 0 Å². The Morgan fingerprint density at radius 2 is 2.33 bits per heavy atom. The minimum atomic E-state index is -0.110. The fraction of sp³-hybridized carbons (Fsp3) is 0.583. The van der Waals surface area contributed by atoms with Gasteiger partial charge in [-0.15, -0.1) is 11.3 Å². The molecule has 1 heterocycles. The van der Waals surface area contributed by atoms with Crippen LogP contribution in [0.1, 0.15) is 42.5 Å². The Bertz CT molecular complexity index is 317. The molecular weight excluding hydrogens is 208 g/mol. The molecule has 15 heavy (non-hydrogen) atoms. The molecule has 1 unspecified atom stereocenters. The zero-order valence-electron chi connectivity index (χ0n) is 9.58. The van der Waals surface area contributed by atoms with Gasteiger partial charge in [0.05, 0.1) is 13.0 Å². The van der Waals surface area contributed by atoms with Crippen molar-refractivity contribution in [3.63, 3.8) is 0 Å². The molecule has 0 spiro atoms. The Kier molecular flexibility index (Phi) is 4.82. The summed E-state index contributed by atoms with van der Waals surface area (Å²) in [5.74, 6) is -0.179. The van der Waals surface area contributed by atoms with Gasteiger partial charge in [-0.2, -0.15) is 0 Å². The van der Waals surface area contributed by atoms with Gasteiger partial charge < -0.3 is 4.74 Å². The van der Waals surface area contributed by atoms with Crippen molar-refractivity contribution in [1.82, 2.24) is 0 Å². The first-order chi connectivity index (χ1) is 7.19. The minimum absolute atomic E-state index is 0.0695. The monoisotopic (exact) mass is 226 g/mol. The van der Waals surface area contributed by atoms with Crippen LogP contribution in [0.2, 0.25) is 0 Å². The lowest BCUT2D eigenvalue weighted by Gasteiger charge is -2.12. The van der Waals surface area contributed by atoms with E-state index in [0.29, 0.717) is 0 Å². The highest BCUT2D eigenvalue weighted by molar-refractivity contribution is 7.10. The largest absolute Gasteiger partial charge is 0.469 e. The summed E-state index contributed by atoms with van der Waals surface area (Å²) in [6.45, 7) is 4.19. The number of esters is 1. The minimum Gasteiger partial charge on any atom is -0.469 e. The fourth-order valence-electron chi connectivity index (χ4n) is 1.62. The van der Waals surface area contributed by atoms with Gasteiger partial charge in [-0.3, -0.25) is 4.79 Å². The second-order valence-corrected chi connectivity index (χ2v) is 4.82. The van der Waals surface area contributed by atoms with E-state index in [1.54, 1.807) is 11.3 Å². The van der Waals surface area contributed by atoms with E-state index in [0.717, 1.165) is 24.8 Å². The maximum absolute atomic E-state index is 11.6. The Balaban J connectivity index is 2.76. The number of thiophene rings is 1. The third-order valence-electron chi connectivity index (χ3n) is 2.49. The number of aryl methyl sites for hydroxylation is 1. The Morgan fingerprint density at radius 3 is 2.80 bits per heavy atom. The number of ether oxygens (including phenoxy) is 1. The molecule has 2 nitrogen and oxygen atoms in total. The van der Waals surface area contributed by atoms with Gasteiger partial charge in [0.15, 0.2) is 0 Å². The smallest absolute Gasteiger partial charge is 0.313 e. The van der Waals surface area contributed by atoms with Gasteiger partial charge in [-0.05, 0) is 30.4 Å². The SMILES string of the molecule is CCCCC(C(=O)OC)c1csc(C)c1. The van der Waals surface area contributed by atoms with Crippen molar-refractivity contribution in [2.75, 3.05) is 7.11 Å². The van der Waals surface area contributed by atoms with Crippen molar-refractivity contribution in [3.8, 4) is 0 Å². The summed E-state index contributed by atoms with van der Waals surface area (Å²) in [7, 11) is 1.46. The van der Waals surface area contributed by atoms with Crippen LogP contribution in [0.4, 0.5) is 0 Å². The average Bonchev–Trinajstić information content (AvgIpc) is 2.65. The molecule has 0 aliphatic rings. The molecular formula is C12H18O2S. The van der Waals surface area contributed by atoms with Gasteiger partial charge >= 0.3 is 5.97 Å². The third kappa shape index (κ3) is 3.34. The van der Waals surface area contributed by atoms with Gasteiger partial charge in [-0.1, -0.05) is 19.8 Å². The predicted molar refractivity (Wildman–Crippen MR) is 63.3 cm³/mol. The number of methoxy groups -OCH3 is 1. The summed E-state index contributed by atoms with van der Waals surface area (Å²) in [5, 5.41) is 2.06. The third-order valence-corrected chi connectivity index (χ3v) is 3.36. The van der Waals surface area contributed by atoms with Crippen LogP contribution >= 0.6 is 11.3 Å². The van der Waals surface area contributed by atoms with Crippen LogP contribution < -0.4 is 0 Å². The van der Waals surface area contributed by atoms with E-state index in [9.17, 15) is 4.79 Å². The van der Waals surface area contributed by atoms with Crippen molar-refractivity contribution in [3.05, 3.63) is 21.9 Å². The Hall–Kier alpha value is -0.830. The second kappa shape index (κ2) is 5.91. The fourth-order valence-corrected chi connectivity index (χ4v) is 2.38. The van der Waals surface area contributed by atoms with Crippen LogP contribution in [0, 0.1) is 6.92 Å². The molecule has 1 aromatic heterocycles. The molecule has 0 aliphatic heterocycles. The first-order valence-electron chi connectivity index (χ1n) is 5.32. The number of hydrogen-bond acceptors (Lipinski definition) is 3. The molecule has 0 fully saturated rings. The summed E-state index contributed by atoms with van der Waals surface area (Å²) in [5.41, 5.74) is 1.11. The molecule has 0 amide bonds. The van der Waals surface area contributed by atoms with Crippen molar-refractivity contribution >= 4 is 17.3 Å². The van der Waals surface area contributed by atoms with E-state index in [2.05, 4.69) is 25.3 Å². The summed E-state index contributed by atoms with van der Waals surface area (Å²) in [6.07, 6.45) is 3.06. The van der Waals surface area contributed by atoms with Gasteiger partial charge in [0.25, 0.3) is 0 Å². The van der Waals surface area contributed by atoms with Crippen molar-refractivity contribution < 1.29 is 9.53 Å². The average molecular weight is 226 g/mol. The summed E-state index contributed by atoms with van der Waals surface area (Å²) in [6, 6.07) is 2.09. The van der Waals surface area contributed by atoms with E-state index >= 15 is 0 Å². The first-order valence-corrected chi connectivity index (χ1v) is 6.19. The highest BCUT2D eigenvalue weighted by Crippen LogP contribution is 2.27. The highest BCUT2D eigenvalue weighted by Gasteiger charge is 2.21. The van der Waals surface area contributed by atoms with E-state index < -0.39 is 0 Å². The topological polar surface area (TPSA) is 26.3 Å². The maximum atomic E-state index is 11.6. The lowest BCUT2D eigenvalue weighted by molar-refractivity contribution is -0.142. The quantitative estimate of drug-likeness (QED) is 0.718. The zero-order chi connectivity index (χ0) is 11.3. The Labute approximate surface area is 95.3 Å². The maximum Gasteiger partial charge on any atom is 0.313 e. The molecule has 0 bridgehead atoms. The molecule has 0 radical (unpaired) electrons. The molecule has 0 aromatic carbocycles. The molecule has 3 heteroatoms. The summed E-state index contributed by atoms with van der Waals surface area (Å²) in [4.78, 5) is 12.9. The van der Waals surface area contributed by atoms with Crippen LogP contribution in [-0.4, -0.2) is 13.1 Å². The van der Waals surface area contributed by atoms with Crippen LogP contribution in [0.25, 0.3) is 0 Å². The zero-order valence-corrected chi connectivity index (χ0v) is 10.4. The standard InChI is InChI=1S/C12H18O2S/c1-4-5-6-11(12(13)14-3)10-7-9(2)15-8-10/h7-8,11H,4-6H2,1-3H3. The Morgan fingerprint density at radius 1 is 1.60 bits per heavy atom. The molecule has 0 N–H and O–H groups in total. The van der Waals surface area contributed by atoms with E-state index in [4.69, 9.17) is 4.74 Å². The number of carbonyl (C=O) groups is 1. The molecule has 1 atom stereocenters.